The van der Waals surface area contributed by atoms with Crippen LogP contribution in [0.1, 0.15) is 17.7 Å². The summed E-state index contributed by atoms with van der Waals surface area (Å²) < 4.78 is 6.56. The number of hydrogen-bond donors (Lipinski definition) is 2. The smallest absolute Gasteiger partial charge is 0.348 e. The number of esters is 1. The summed E-state index contributed by atoms with van der Waals surface area (Å²) in [6.45, 7) is 2.38. The molecule has 0 aliphatic rings. The number of ether oxygens (including phenoxy) is 1. The van der Waals surface area contributed by atoms with Gasteiger partial charge in [0.1, 0.15) is 29.4 Å². The van der Waals surface area contributed by atoms with Crippen molar-refractivity contribution < 1.29 is 14.6 Å². The van der Waals surface area contributed by atoms with Crippen LogP contribution < -0.4 is 5.73 Å². The molecule has 3 N–H and O–H groups in total. The normalized spacial score (nSPS) is 11.4. The second-order valence-electron chi connectivity index (χ2n) is 6.47. The van der Waals surface area contributed by atoms with Crippen molar-refractivity contribution in [2.24, 2.45) is 0 Å². The number of aliphatic hydroxyl groups excluding tert-OH is 1. The van der Waals surface area contributed by atoms with Gasteiger partial charge < -0.3 is 20.1 Å². The molecular formula is C21H21N5O3. The van der Waals surface area contributed by atoms with Crippen molar-refractivity contribution in [3.63, 3.8) is 0 Å². The Hall–Kier alpha value is -3.70. The van der Waals surface area contributed by atoms with Gasteiger partial charge in [0.15, 0.2) is 0 Å². The number of rotatable bonds is 6. The highest BCUT2D eigenvalue weighted by molar-refractivity contribution is 6.07. The van der Waals surface area contributed by atoms with Crippen LogP contribution >= 0.6 is 0 Å². The molecule has 29 heavy (non-hydrogen) atoms. The summed E-state index contributed by atoms with van der Waals surface area (Å²) in [4.78, 5) is 20.5. The minimum absolute atomic E-state index is 0.0225. The maximum atomic E-state index is 12.0. The number of fused-ring (bicyclic) bond motifs is 1. The largest absolute Gasteiger partial charge is 0.465 e. The van der Waals surface area contributed by atoms with E-state index in [2.05, 4.69) is 9.97 Å². The molecule has 0 aliphatic carbocycles. The summed E-state index contributed by atoms with van der Waals surface area (Å²) in [7, 11) is 1.22. The van der Waals surface area contributed by atoms with E-state index in [-0.39, 0.29) is 12.2 Å². The molecule has 0 amide bonds. The van der Waals surface area contributed by atoms with Gasteiger partial charge in [-0.1, -0.05) is 29.8 Å². The van der Waals surface area contributed by atoms with Crippen molar-refractivity contribution in [3.8, 4) is 17.2 Å². The lowest BCUT2D eigenvalue weighted by atomic mass is 10.0. The van der Waals surface area contributed by atoms with Crippen LogP contribution in [0.15, 0.2) is 36.2 Å². The van der Waals surface area contributed by atoms with Crippen molar-refractivity contribution >= 4 is 28.9 Å². The number of nitriles is 1. The molecule has 8 heteroatoms. The number of carbonyl (C=O) groups is 1. The minimum Gasteiger partial charge on any atom is -0.465 e. The third-order valence-electron chi connectivity index (χ3n) is 4.60. The zero-order chi connectivity index (χ0) is 21.0. The summed E-state index contributed by atoms with van der Waals surface area (Å²) in [6, 6.07) is 9.69. The van der Waals surface area contributed by atoms with Crippen LogP contribution in [0.5, 0.6) is 0 Å². The summed E-state index contributed by atoms with van der Waals surface area (Å²) in [5.41, 5.74) is 9.83. The van der Waals surface area contributed by atoms with Crippen LogP contribution in [0.25, 0.3) is 28.2 Å². The van der Waals surface area contributed by atoms with Crippen molar-refractivity contribution in [1.29, 1.82) is 5.26 Å². The van der Waals surface area contributed by atoms with E-state index in [0.29, 0.717) is 41.1 Å². The van der Waals surface area contributed by atoms with Gasteiger partial charge >= 0.3 is 5.97 Å². The number of benzene rings is 1. The molecule has 0 atom stereocenters. The molecule has 0 fully saturated rings. The number of anilines is 1. The number of aromatic nitrogens is 3. The number of methoxy groups -OCH3 is 1. The van der Waals surface area contributed by atoms with Crippen LogP contribution in [0, 0.1) is 18.3 Å². The Morgan fingerprint density at radius 3 is 2.69 bits per heavy atom. The third kappa shape index (κ3) is 3.81. The molecule has 3 aromatic rings. The van der Waals surface area contributed by atoms with Gasteiger partial charge in [0.2, 0.25) is 0 Å². The standard InChI is InChI=1S/C21H21N5O3/c1-13-4-6-14(7-5-13)17-16(10-15(11-22)21(28)29-2)26(8-3-9-27)20-18(17)19(23)24-12-25-20/h4-7,10,12,27H,3,8-9H2,1-2H3,(H2,23,24,25). The molecule has 0 bridgehead atoms. The van der Waals surface area contributed by atoms with Gasteiger partial charge in [0.25, 0.3) is 0 Å². The van der Waals surface area contributed by atoms with Crippen LogP contribution in [0.3, 0.4) is 0 Å². The first kappa shape index (κ1) is 20.0. The number of nitrogen functional groups attached to an aromatic ring is 1. The summed E-state index contributed by atoms with van der Waals surface area (Å²) in [5.74, 6) is -0.445. The Labute approximate surface area is 167 Å². The first-order valence-corrected chi connectivity index (χ1v) is 9.02. The maximum absolute atomic E-state index is 12.0. The molecule has 0 radical (unpaired) electrons. The average molecular weight is 391 g/mol. The number of nitrogens with zero attached hydrogens (tertiary/aromatic N) is 4. The van der Waals surface area contributed by atoms with Crippen LogP contribution in [-0.4, -0.2) is 39.3 Å². The molecule has 8 nitrogen and oxygen atoms in total. The lowest BCUT2D eigenvalue weighted by Gasteiger charge is -2.09. The fourth-order valence-corrected chi connectivity index (χ4v) is 3.21. The Morgan fingerprint density at radius 1 is 1.34 bits per heavy atom. The highest BCUT2D eigenvalue weighted by Crippen LogP contribution is 2.38. The van der Waals surface area contributed by atoms with Crippen molar-refractivity contribution in [2.75, 3.05) is 19.5 Å². The number of nitrogens with two attached hydrogens (primary N) is 1. The predicted molar refractivity (Wildman–Crippen MR) is 109 cm³/mol. The van der Waals surface area contributed by atoms with E-state index >= 15 is 0 Å². The molecule has 0 spiro atoms. The quantitative estimate of drug-likeness (QED) is 0.375. The predicted octanol–water partition coefficient (Wildman–Crippen LogP) is 2.45. The molecule has 0 unspecified atom stereocenters. The fourth-order valence-electron chi connectivity index (χ4n) is 3.21. The van der Waals surface area contributed by atoms with Crippen LogP contribution in [0.2, 0.25) is 0 Å². The Kier molecular flexibility index (Phi) is 5.90. The number of aliphatic hydroxyl groups is 1. The highest BCUT2D eigenvalue weighted by atomic mass is 16.5. The molecule has 0 saturated carbocycles. The second-order valence-corrected chi connectivity index (χ2v) is 6.47. The molecule has 148 valence electrons. The Balaban J connectivity index is 2.42. The molecule has 2 heterocycles. The lowest BCUT2D eigenvalue weighted by molar-refractivity contribution is -0.135. The van der Waals surface area contributed by atoms with Gasteiger partial charge in [0, 0.05) is 18.7 Å². The zero-order valence-electron chi connectivity index (χ0n) is 16.2. The van der Waals surface area contributed by atoms with Crippen molar-refractivity contribution in [3.05, 3.63) is 47.4 Å². The molecule has 0 saturated heterocycles. The SMILES string of the molecule is COC(=O)C(C#N)=Cc1c(-c2ccc(C)cc2)c2c(N)ncnc2n1CCCO. The van der Waals surface area contributed by atoms with Crippen molar-refractivity contribution in [1.82, 2.24) is 14.5 Å². The minimum atomic E-state index is -0.736. The van der Waals surface area contributed by atoms with E-state index in [1.165, 1.54) is 19.5 Å². The molecule has 2 aromatic heterocycles. The van der Waals surface area contributed by atoms with Gasteiger partial charge in [-0.3, -0.25) is 0 Å². The number of carbonyl (C=O) groups excluding carboxylic acids is 1. The van der Waals surface area contributed by atoms with Crippen LogP contribution in [-0.2, 0) is 16.1 Å². The zero-order valence-corrected chi connectivity index (χ0v) is 16.2. The summed E-state index contributed by atoms with van der Waals surface area (Å²) >= 11 is 0. The van der Waals surface area contributed by atoms with E-state index in [0.717, 1.165) is 11.1 Å². The second kappa shape index (κ2) is 8.54. The van der Waals surface area contributed by atoms with Gasteiger partial charge in [0.05, 0.1) is 18.2 Å². The highest BCUT2D eigenvalue weighted by Gasteiger charge is 2.22. The van der Waals surface area contributed by atoms with Gasteiger partial charge in [-0.25, -0.2) is 14.8 Å². The fraction of sp³-hybridized carbons (Fsp3) is 0.238. The van der Waals surface area contributed by atoms with E-state index in [4.69, 9.17) is 10.5 Å². The molecular weight excluding hydrogens is 370 g/mol. The molecule has 3 rings (SSSR count). The molecule has 1 aromatic carbocycles. The van der Waals surface area contributed by atoms with Gasteiger partial charge in [-0.2, -0.15) is 5.26 Å². The topological polar surface area (TPSA) is 127 Å². The Bertz CT molecular complexity index is 1120. The van der Waals surface area contributed by atoms with Crippen molar-refractivity contribution in [2.45, 2.75) is 19.9 Å². The number of aryl methyl sites for hydroxylation is 2. The molecule has 0 aliphatic heterocycles. The van der Waals surface area contributed by atoms with E-state index in [1.54, 1.807) is 0 Å². The summed E-state index contributed by atoms with van der Waals surface area (Å²) in [6.07, 6.45) is 3.30. The first-order chi connectivity index (χ1) is 14.0. The van der Waals surface area contributed by atoms with E-state index in [9.17, 15) is 15.2 Å². The summed E-state index contributed by atoms with van der Waals surface area (Å²) in [5, 5.41) is 19.4. The first-order valence-electron chi connectivity index (χ1n) is 9.02. The Morgan fingerprint density at radius 2 is 2.07 bits per heavy atom. The van der Waals surface area contributed by atoms with Gasteiger partial charge in [-0.15, -0.1) is 0 Å². The van der Waals surface area contributed by atoms with E-state index in [1.807, 2.05) is 41.8 Å². The lowest BCUT2D eigenvalue weighted by Crippen LogP contribution is -2.07. The van der Waals surface area contributed by atoms with E-state index < -0.39 is 5.97 Å². The van der Waals surface area contributed by atoms with Crippen LogP contribution in [0.4, 0.5) is 5.82 Å². The van der Waals surface area contributed by atoms with Gasteiger partial charge in [-0.05, 0) is 25.0 Å². The monoisotopic (exact) mass is 391 g/mol. The average Bonchev–Trinajstić information content (AvgIpc) is 3.04. The third-order valence-corrected chi connectivity index (χ3v) is 4.60. The number of hydrogen-bond acceptors (Lipinski definition) is 7. The maximum Gasteiger partial charge on any atom is 0.348 e.